The average Bonchev–Trinajstić information content (AvgIpc) is 2.97. The van der Waals surface area contributed by atoms with Gasteiger partial charge >= 0.3 is 0 Å². The van der Waals surface area contributed by atoms with E-state index in [2.05, 4.69) is 10.2 Å². The third-order valence-corrected chi connectivity index (χ3v) is 4.58. The number of carbonyl (C=O) groups is 2. The fourth-order valence-electron chi connectivity index (χ4n) is 2.16. The number of benzene rings is 1. The van der Waals surface area contributed by atoms with Crippen LogP contribution < -0.4 is 15.2 Å². The molecule has 0 atom stereocenters. The molecule has 0 aliphatic heterocycles. The summed E-state index contributed by atoms with van der Waals surface area (Å²) in [6, 6.07) is 5.06. The van der Waals surface area contributed by atoms with Gasteiger partial charge in [0, 0.05) is 26.0 Å². The van der Waals surface area contributed by atoms with E-state index in [1.54, 1.807) is 36.9 Å². The molecule has 0 spiro atoms. The van der Waals surface area contributed by atoms with Crippen LogP contribution in [0.1, 0.15) is 22.6 Å². The topological polar surface area (TPSA) is 109 Å². The van der Waals surface area contributed by atoms with Gasteiger partial charge in [0.05, 0.1) is 25.5 Å². The highest BCUT2D eigenvalue weighted by molar-refractivity contribution is 7.99. The van der Waals surface area contributed by atoms with E-state index in [0.717, 1.165) is 0 Å². The summed E-state index contributed by atoms with van der Waals surface area (Å²) in [6.45, 7) is 0. The zero-order chi connectivity index (χ0) is 18.4. The number of methoxy groups -OCH3 is 2. The van der Waals surface area contributed by atoms with E-state index in [0.29, 0.717) is 34.5 Å². The second-order valence-corrected chi connectivity index (χ2v) is 6.14. The lowest BCUT2D eigenvalue weighted by Gasteiger charge is -2.09. The molecule has 2 rings (SSSR count). The molecule has 1 amide bonds. The third-order valence-electron chi connectivity index (χ3n) is 3.56. The van der Waals surface area contributed by atoms with Crippen molar-refractivity contribution in [3.8, 4) is 11.5 Å². The van der Waals surface area contributed by atoms with E-state index in [4.69, 9.17) is 15.2 Å². The fourth-order valence-corrected chi connectivity index (χ4v) is 2.97. The summed E-state index contributed by atoms with van der Waals surface area (Å²) in [4.78, 5) is 23.3. The molecule has 1 heterocycles. The maximum absolute atomic E-state index is 12.5. The number of hydrogen-bond acceptors (Lipinski definition) is 7. The smallest absolute Gasteiger partial charge is 0.217 e. The Balaban J connectivity index is 2.04. The van der Waals surface area contributed by atoms with Crippen molar-refractivity contribution >= 4 is 23.5 Å². The van der Waals surface area contributed by atoms with Gasteiger partial charge in [-0.25, -0.2) is 0 Å². The van der Waals surface area contributed by atoms with Crippen molar-refractivity contribution in [2.45, 2.75) is 18.0 Å². The summed E-state index contributed by atoms with van der Waals surface area (Å²) in [6.07, 6.45) is 0.623. The molecule has 0 radical (unpaired) electrons. The lowest BCUT2D eigenvalue weighted by Crippen LogP contribution is -2.13. The van der Waals surface area contributed by atoms with Crippen LogP contribution in [0.2, 0.25) is 0 Å². The van der Waals surface area contributed by atoms with E-state index in [9.17, 15) is 9.59 Å². The van der Waals surface area contributed by atoms with E-state index in [-0.39, 0.29) is 23.9 Å². The molecule has 1 aromatic heterocycles. The summed E-state index contributed by atoms with van der Waals surface area (Å²) in [7, 11) is 4.85. The van der Waals surface area contributed by atoms with Crippen LogP contribution in [0.15, 0.2) is 23.4 Å². The van der Waals surface area contributed by atoms with Crippen LogP contribution in [0, 0.1) is 0 Å². The number of primary amides is 1. The minimum Gasteiger partial charge on any atom is -0.497 e. The summed E-state index contributed by atoms with van der Waals surface area (Å²) in [5.74, 6) is 1.43. The molecule has 0 saturated carbocycles. The Morgan fingerprint density at radius 3 is 2.64 bits per heavy atom. The number of thioether (sulfide) groups is 1. The first-order chi connectivity index (χ1) is 12.0. The molecule has 0 saturated heterocycles. The summed E-state index contributed by atoms with van der Waals surface area (Å²) in [5, 5.41) is 8.67. The molecule has 2 aromatic rings. The third kappa shape index (κ3) is 4.72. The maximum Gasteiger partial charge on any atom is 0.217 e. The number of nitrogens with two attached hydrogens (primary N) is 1. The summed E-state index contributed by atoms with van der Waals surface area (Å²) >= 11 is 1.27. The molecule has 25 heavy (non-hydrogen) atoms. The van der Waals surface area contributed by atoms with Gasteiger partial charge in [0.2, 0.25) is 5.91 Å². The highest BCUT2D eigenvalue weighted by atomic mass is 32.2. The molecule has 0 unspecified atom stereocenters. The molecule has 134 valence electrons. The monoisotopic (exact) mass is 364 g/mol. The van der Waals surface area contributed by atoms with Crippen molar-refractivity contribution in [2.75, 3.05) is 20.0 Å². The second-order valence-electron chi connectivity index (χ2n) is 5.20. The predicted molar refractivity (Wildman–Crippen MR) is 93.1 cm³/mol. The molecule has 0 aliphatic carbocycles. The molecule has 0 bridgehead atoms. The predicted octanol–water partition coefficient (Wildman–Crippen LogP) is 1.23. The SMILES string of the molecule is COc1ccc(C(=O)CSc2nnc(CCC(N)=O)n2C)c(OC)c1. The van der Waals surface area contributed by atoms with Crippen LogP contribution in [0.25, 0.3) is 0 Å². The van der Waals surface area contributed by atoms with Crippen molar-refractivity contribution in [2.24, 2.45) is 12.8 Å². The molecule has 2 N–H and O–H groups in total. The number of amides is 1. The van der Waals surface area contributed by atoms with Crippen LogP contribution in [0.3, 0.4) is 0 Å². The Morgan fingerprint density at radius 2 is 2.00 bits per heavy atom. The van der Waals surface area contributed by atoms with Crippen LogP contribution in [0.4, 0.5) is 0 Å². The Bertz CT molecular complexity index is 775. The Kier molecular flexibility index (Phi) is 6.40. The van der Waals surface area contributed by atoms with Crippen LogP contribution in [-0.4, -0.2) is 46.4 Å². The Labute approximate surface area is 149 Å². The largest absolute Gasteiger partial charge is 0.497 e. The van der Waals surface area contributed by atoms with Gasteiger partial charge in [-0.2, -0.15) is 0 Å². The quantitative estimate of drug-likeness (QED) is 0.526. The van der Waals surface area contributed by atoms with E-state index in [1.165, 1.54) is 18.9 Å². The maximum atomic E-state index is 12.5. The van der Waals surface area contributed by atoms with Gasteiger partial charge in [0.15, 0.2) is 10.9 Å². The molecule has 0 aliphatic rings. The number of aryl methyl sites for hydroxylation is 1. The number of rotatable bonds is 9. The van der Waals surface area contributed by atoms with Crippen molar-refractivity contribution in [1.29, 1.82) is 0 Å². The molecule has 1 aromatic carbocycles. The highest BCUT2D eigenvalue weighted by Crippen LogP contribution is 2.27. The molecular weight excluding hydrogens is 344 g/mol. The van der Waals surface area contributed by atoms with Gasteiger partial charge < -0.3 is 19.8 Å². The van der Waals surface area contributed by atoms with Gasteiger partial charge in [-0.3, -0.25) is 9.59 Å². The van der Waals surface area contributed by atoms with E-state index < -0.39 is 0 Å². The normalized spacial score (nSPS) is 10.5. The zero-order valence-corrected chi connectivity index (χ0v) is 15.1. The van der Waals surface area contributed by atoms with Crippen molar-refractivity contribution in [3.05, 3.63) is 29.6 Å². The minimum atomic E-state index is -0.390. The second kappa shape index (κ2) is 8.52. The number of carbonyl (C=O) groups excluding carboxylic acids is 2. The number of hydrogen-bond donors (Lipinski definition) is 1. The van der Waals surface area contributed by atoms with Crippen molar-refractivity contribution in [3.63, 3.8) is 0 Å². The van der Waals surface area contributed by atoms with E-state index >= 15 is 0 Å². The standard InChI is InChI=1S/C16H20N4O4S/c1-20-15(7-6-14(17)22)18-19-16(20)25-9-12(21)11-5-4-10(23-2)8-13(11)24-3/h4-5,8H,6-7,9H2,1-3H3,(H2,17,22). The zero-order valence-electron chi connectivity index (χ0n) is 14.3. The van der Waals surface area contributed by atoms with Gasteiger partial charge in [-0.1, -0.05) is 11.8 Å². The van der Waals surface area contributed by atoms with Crippen molar-refractivity contribution < 1.29 is 19.1 Å². The number of nitrogens with zero attached hydrogens (tertiary/aromatic N) is 3. The summed E-state index contributed by atoms with van der Waals surface area (Å²) in [5.41, 5.74) is 5.62. The first-order valence-electron chi connectivity index (χ1n) is 7.50. The Morgan fingerprint density at radius 1 is 1.24 bits per heavy atom. The lowest BCUT2D eigenvalue weighted by molar-refractivity contribution is -0.118. The molecule has 8 nitrogen and oxygen atoms in total. The van der Waals surface area contributed by atoms with Crippen molar-refractivity contribution in [1.82, 2.24) is 14.8 Å². The number of ketones is 1. The molecule has 0 fully saturated rings. The van der Waals surface area contributed by atoms with E-state index in [1.807, 2.05) is 0 Å². The number of aromatic nitrogens is 3. The first kappa shape index (κ1) is 18.8. The highest BCUT2D eigenvalue weighted by Gasteiger charge is 2.16. The summed E-state index contributed by atoms with van der Waals surface area (Å²) < 4.78 is 12.1. The van der Waals surface area contributed by atoms with Crippen LogP contribution in [-0.2, 0) is 18.3 Å². The molecular formula is C16H20N4O4S. The average molecular weight is 364 g/mol. The fraction of sp³-hybridized carbons (Fsp3) is 0.375. The lowest BCUT2D eigenvalue weighted by atomic mass is 10.1. The van der Waals surface area contributed by atoms with Gasteiger partial charge in [-0.15, -0.1) is 10.2 Å². The van der Waals surface area contributed by atoms with Crippen LogP contribution in [0.5, 0.6) is 11.5 Å². The Hall–Kier alpha value is -2.55. The molecule has 9 heteroatoms. The number of ether oxygens (including phenoxy) is 2. The number of Topliss-reactive ketones (excluding diaryl/α,β-unsaturated/α-hetero) is 1. The van der Waals surface area contributed by atoms with Crippen LogP contribution >= 0.6 is 11.8 Å². The minimum absolute atomic E-state index is 0.0915. The van der Waals surface area contributed by atoms with Gasteiger partial charge in [0.1, 0.15) is 17.3 Å². The van der Waals surface area contributed by atoms with Gasteiger partial charge in [-0.05, 0) is 12.1 Å². The van der Waals surface area contributed by atoms with Gasteiger partial charge in [0.25, 0.3) is 0 Å². The first-order valence-corrected chi connectivity index (χ1v) is 8.49.